The average molecular weight is 330 g/mol. The van der Waals surface area contributed by atoms with Crippen molar-refractivity contribution in [3.05, 3.63) is 32.5 Å². The van der Waals surface area contributed by atoms with E-state index in [0.717, 1.165) is 24.5 Å². The van der Waals surface area contributed by atoms with Gasteiger partial charge in [0, 0.05) is 26.6 Å². The van der Waals surface area contributed by atoms with Crippen molar-refractivity contribution < 1.29 is 0 Å². The molecule has 0 bridgehead atoms. The van der Waals surface area contributed by atoms with Crippen LogP contribution in [0.1, 0.15) is 18.1 Å². The van der Waals surface area contributed by atoms with Gasteiger partial charge in [-0.25, -0.2) is 14.5 Å². The Labute approximate surface area is 136 Å². The lowest BCUT2D eigenvalue weighted by atomic mass is 10.1. The summed E-state index contributed by atoms with van der Waals surface area (Å²) in [7, 11) is 3.34. The fourth-order valence-electron chi connectivity index (χ4n) is 3.17. The Kier molecular flexibility index (Phi) is 3.08. The van der Waals surface area contributed by atoms with Gasteiger partial charge in [-0.3, -0.25) is 14.3 Å². The maximum Gasteiger partial charge on any atom is 0.329 e. The van der Waals surface area contributed by atoms with Crippen molar-refractivity contribution in [1.29, 1.82) is 0 Å². The number of imidazole rings is 1. The molecule has 0 radical (unpaired) electrons. The van der Waals surface area contributed by atoms with E-state index in [1.807, 2.05) is 11.6 Å². The number of aromatic nitrogens is 7. The van der Waals surface area contributed by atoms with Gasteiger partial charge in [0.05, 0.1) is 6.54 Å². The zero-order valence-corrected chi connectivity index (χ0v) is 13.7. The molecular formula is C14H18N8O2. The molecule has 0 amide bonds. The zero-order chi connectivity index (χ0) is 17.0. The van der Waals surface area contributed by atoms with Crippen molar-refractivity contribution >= 4 is 17.1 Å². The number of rotatable bonds is 2. The molecule has 24 heavy (non-hydrogen) atoms. The lowest BCUT2D eigenvalue weighted by Crippen LogP contribution is -2.33. The maximum absolute atomic E-state index is 12.1. The first-order valence-corrected chi connectivity index (χ1v) is 7.76. The third-order valence-electron chi connectivity index (χ3n) is 4.43. The Morgan fingerprint density at radius 2 is 2.00 bits per heavy atom. The Bertz CT molecular complexity index is 1050. The molecule has 1 aliphatic rings. The van der Waals surface area contributed by atoms with Gasteiger partial charge in [-0.1, -0.05) is 0 Å². The average Bonchev–Trinajstić information content (AvgIpc) is 3.05. The molecule has 3 aromatic rings. The van der Waals surface area contributed by atoms with Crippen molar-refractivity contribution in [2.45, 2.75) is 32.4 Å². The summed E-state index contributed by atoms with van der Waals surface area (Å²) in [6, 6.07) is 0.130. The summed E-state index contributed by atoms with van der Waals surface area (Å²) in [6.07, 6.45) is 1.73. The highest BCUT2D eigenvalue weighted by Crippen LogP contribution is 2.19. The molecular weight excluding hydrogens is 312 g/mol. The van der Waals surface area contributed by atoms with Crippen LogP contribution in [-0.2, 0) is 27.1 Å². The van der Waals surface area contributed by atoms with Crippen molar-refractivity contribution in [2.24, 2.45) is 14.1 Å². The molecule has 0 aromatic carbocycles. The van der Waals surface area contributed by atoms with Gasteiger partial charge in [-0.15, -0.1) is 0 Å². The Morgan fingerprint density at radius 3 is 2.79 bits per heavy atom. The highest BCUT2D eigenvalue weighted by molar-refractivity contribution is 5.73. The summed E-state index contributed by atoms with van der Waals surface area (Å²) in [5.41, 5.74) is -0.180. The second kappa shape index (κ2) is 5.05. The Morgan fingerprint density at radius 1 is 1.21 bits per heavy atom. The van der Waals surface area contributed by atoms with Gasteiger partial charge in [0.1, 0.15) is 11.6 Å². The quantitative estimate of drug-likeness (QED) is 0.641. The third kappa shape index (κ3) is 2.14. The highest BCUT2D eigenvalue weighted by atomic mass is 16.2. The molecule has 126 valence electrons. The van der Waals surface area contributed by atoms with Crippen LogP contribution in [0, 0.1) is 6.92 Å². The van der Waals surface area contributed by atoms with Crippen molar-refractivity contribution in [3.8, 4) is 0 Å². The molecule has 1 aliphatic heterocycles. The number of anilines is 1. The molecule has 4 heterocycles. The summed E-state index contributed by atoms with van der Waals surface area (Å²) in [4.78, 5) is 34.9. The Hall–Kier alpha value is -2.91. The van der Waals surface area contributed by atoms with Crippen molar-refractivity contribution in [1.82, 2.24) is 33.9 Å². The predicted molar refractivity (Wildman–Crippen MR) is 87.1 cm³/mol. The number of aromatic amines is 1. The first-order chi connectivity index (χ1) is 11.4. The van der Waals surface area contributed by atoms with E-state index < -0.39 is 11.2 Å². The lowest BCUT2D eigenvalue weighted by Gasteiger charge is -2.23. The standard InChI is InChI=1S/C14H18N8O2/c1-7-15-9-5-4-8(6-22(9)19-7)16-13-17-11-10(20(13)2)12(23)18-14(24)21(11)3/h8H,4-6H2,1-3H3,(H,16,17)(H,18,23,24)/t8-/m1/s1. The van der Waals surface area contributed by atoms with Crippen LogP contribution in [0.15, 0.2) is 9.59 Å². The largest absolute Gasteiger partial charge is 0.351 e. The molecule has 0 spiro atoms. The van der Waals surface area contributed by atoms with E-state index in [9.17, 15) is 9.59 Å². The minimum absolute atomic E-state index is 0.130. The number of nitrogens with zero attached hydrogens (tertiary/aromatic N) is 6. The molecule has 1 atom stereocenters. The van der Waals surface area contributed by atoms with E-state index in [2.05, 4.69) is 25.4 Å². The summed E-state index contributed by atoms with van der Waals surface area (Å²) in [5.74, 6) is 2.33. The van der Waals surface area contributed by atoms with Crippen LogP contribution in [0.5, 0.6) is 0 Å². The molecule has 0 aliphatic carbocycles. The third-order valence-corrected chi connectivity index (χ3v) is 4.43. The molecule has 3 aromatic heterocycles. The van der Waals surface area contributed by atoms with E-state index >= 15 is 0 Å². The van der Waals surface area contributed by atoms with Crippen LogP contribution < -0.4 is 16.6 Å². The maximum atomic E-state index is 12.1. The molecule has 0 saturated carbocycles. The molecule has 0 saturated heterocycles. The first kappa shape index (κ1) is 14.7. The number of aryl methyl sites for hydroxylation is 4. The Balaban J connectivity index is 1.70. The van der Waals surface area contributed by atoms with Crippen molar-refractivity contribution in [3.63, 3.8) is 0 Å². The van der Waals surface area contributed by atoms with E-state index in [4.69, 9.17) is 0 Å². The second-order valence-corrected chi connectivity index (χ2v) is 6.12. The minimum Gasteiger partial charge on any atom is -0.351 e. The number of hydrogen-bond acceptors (Lipinski definition) is 6. The fraction of sp³-hybridized carbons (Fsp3) is 0.500. The monoisotopic (exact) mass is 330 g/mol. The fourth-order valence-corrected chi connectivity index (χ4v) is 3.17. The van der Waals surface area contributed by atoms with Gasteiger partial charge in [0.15, 0.2) is 11.2 Å². The van der Waals surface area contributed by atoms with E-state index in [1.54, 1.807) is 18.7 Å². The normalized spacial score (nSPS) is 17.2. The van der Waals surface area contributed by atoms with Gasteiger partial charge in [-0.2, -0.15) is 10.1 Å². The number of fused-ring (bicyclic) bond motifs is 2. The van der Waals surface area contributed by atoms with Crippen LogP contribution in [0.25, 0.3) is 11.2 Å². The van der Waals surface area contributed by atoms with E-state index in [-0.39, 0.29) is 6.04 Å². The highest BCUT2D eigenvalue weighted by Gasteiger charge is 2.23. The molecule has 10 heteroatoms. The topological polar surface area (TPSA) is 115 Å². The van der Waals surface area contributed by atoms with Gasteiger partial charge in [-0.05, 0) is 13.3 Å². The van der Waals surface area contributed by atoms with Crippen LogP contribution in [-0.4, -0.2) is 39.9 Å². The summed E-state index contributed by atoms with van der Waals surface area (Å²) in [6.45, 7) is 2.57. The first-order valence-electron chi connectivity index (χ1n) is 7.76. The van der Waals surface area contributed by atoms with Crippen LogP contribution in [0.4, 0.5) is 5.95 Å². The number of nitrogens with one attached hydrogen (secondary N) is 2. The van der Waals surface area contributed by atoms with Crippen LogP contribution in [0.3, 0.4) is 0 Å². The zero-order valence-electron chi connectivity index (χ0n) is 13.7. The van der Waals surface area contributed by atoms with Gasteiger partial charge in [0.2, 0.25) is 5.95 Å². The molecule has 0 unspecified atom stereocenters. The van der Waals surface area contributed by atoms with Crippen molar-refractivity contribution in [2.75, 3.05) is 5.32 Å². The SMILES string of the molecule is Cc1nc2n(n1)C[C@H](Nc1nc3c(c(=O)[nH]c(=O)n3C)n1C)CC2. The van der Waals surface area contributed by atoms with E-state index in [1.165, 1.54) is 4.57 Å². The summed E-state index contributed by atoms with van der Waals surface area (Å²) >= 11 is 0. The second-order valence-electron chi connectivity index (χ2n) is 6.12. The summed E-state index contributed by atoms with van der Waals surface area (Å²) < 4.78 is 4.92. The molecule has 10 nitrogen and oxygen atoms in total. The number of hydrogen-bond donors (Lipinski definition) is 2. The summed E-state index contributed by atoms with van der Waals surface area (Å²) in [5, 5.41) is 7.74. The van der Waals surface area contributed by atoms with Gasteiger partial charge >= 0.3 is 5.69 Å². The molecule has 0 fully saturated rings. The lowest BCUT2D eigenvalue weighted by molar-refractivity contribution is 0.438. The molecule has 4 rings (SSSR count). The van der Waals surface area contributed by atoms with Crippen LogP contribution in [0.2, 0.25) is 0 Å². The smallest absolute Gasteiger partial charge is 0.329 e. The van der Waals surface area contributed by atoms with Gasteiger partial charge < -0.3 is 9.88 Å². The van der Waals surface area contributed by atoms with Gasteiger partial charge in [0.25, 0.3) is 5.56 Å². The predicted octanol–water partition coefficient (Wildman–Crippen LogP) is -0.713. The molecule has 2 N–H and O–H groups in total. The minimum atomic E-state index is -0.474. The van der Waals surface area contributed by atoms with Crippen LogP contribution >= 0.6 is 0 Å². The van der Waals surface area contributed by atoms with E-state index in [0.29, 0.717) is 23.7 Å². The number of H-pyrrole nitrogens is 1.